The minimum atomic E-state index is -3.72. The van der Waals surface area contributed by atoms with E-state index in [-0.39, 0.29) is 10.9 Å². The zero-order valence-corrected chi connectivity index (χ0v) is 19.5. The van der Waals surface area contributed by atoms with Crippen LogP contribution in [0.3, 0.4) is 0 Å². The molecule has 0 saturated carbocycles. The molecular weight excluding hydrogens is 428 g/mol. The fraction of sp³-hybridized carbons (Fsp3) is 0.333. The van der Waals surface area contributed by atoms with Gasteiger partial charge in [-0.2, -0.15) is 11.3 Å². The van der Waals surface area contributed by atoms with Gasteiger partial charge >= 0.3 is 0 Å². The molecule has 1 atom stereocenters. The molecule has 1 aromatic heterocycles. The van der Waals surface area contributed by atoms with E-state index >= 15 is 0 Å². The highest BCUT2D eigenvalue weighted by molar-refractivity contribution is 7.89. The van der Waals surface area contributed by atoms with Crippen molar-refractivity contribution in [2.45, 2.75) is 37.8 Å². The number of hydrogen-bond acceptors (Lipinski definition) is 5. The van der Waals surface area contributed by atoms with Crippen LogP contribution in [0.4, 0.5) is 0 Å². The Bertz CT molecular complexity index is 1130. The molecule has 0 saturated heterocycles. The minimum Gasteiger partial charge on any atom is -0.492 e. The average Bonchev–Trinajstić information content (AvgIpc) is 3.29. The van der Waals surface area contributed by atoms with Gasteiger partial charge in [-0.15, -0.1) is 0 Å². The number of ether oxygens (including phenoxy) is 1. The van der Waals surface area contributed by atoms with E-state index in [9.17, 15) is 8.42 Å². The fourth-order valence-corrected chi connectivity index (χ4v) is 6.05. The number of nitrogens with zero attached hydrogens (tertiary/aromatic N) is 1. The number of aryl methyl sites for hydroxylation is 1. The Morgan fingerprint density at radius 3 is 2.71 bits per heavy atom. The van der Waals surface area contributed by atoms with Crippen molar-refractivity contribution < 1.29 is 13.2 Å². The Labute approximate surface area is 188 Å². The molecule has 1 N–H and O–H groups in total. The van der Waals surface area contributed by atoms with E-state index in [1.807, 2.05) is 25.3 Å². The highest BCUT2D eigenvalue weighted by Gasteiger charge is 2.28. The molecule has 0 spiro atoms. The zero-order chi connectivity index (χ0) is 21.8. The van der Waals surface area contributed by atoms with Crippen molar-refractivity contribution in [3.8, 4) is 5.75 Å². The maximum Gasteiger partial charge on any atom is 0.244 e. The highest BCUT2D eigenvalue weighted by atomic mass is 32.2. The lowest BCUT2D eigenvalue weighted by molar-refractivity contribution is 0.180. The summed E-state index contributed by atoms with van der Waals surface area (Å²) in [6.07, 6.45) is 0.968. The van der Waals surface area contributed by atoms with Gasteiger partial charge in [-0.3, -0.25) is 4.90 Å². The Kier molecular flexibility index (Phi) is 6.77. The lowest BCUT2D eigenvalue weighted by Crippen LogP contribution is -2.40. The monoisotopic (exact) mass is 456 g/mol. The van der Waals surface area contributed by atoms with Gasteiger partial charge in [0.15, 0.2) is 0 Å². The molecule has 164 valence electrons. The molecule has 4 rings (SSSR count). The molecule has 1 aliphatic heterocycles. The fourth-order valence-electron chi connectivity index (χ4n) is 4.07. The van der Waals surface area contributed by atoms with Crippen molar-refractivity contribution >= 4 is 21.4 Å². The average molecular weight is 457 g/mol. The van der Waals surface area contributed by atoms with E-state index in [4.69, 9.17) is 4.74 Å². The van der Waals surface area contributed by atoms with Crippen LogP contribution < -0.4 is 9.46 Å². The lowest BCUT2D eigenvalue weighted by Gasteiger charge is -2.35. The molecule has 1 unspecified atom stereocenters. The Morgan fingerprint density at radius 2 is 1.97 bits per heavy atom. The first-order chi connectivity index (χ1) is 15.0. The van der Waals surface area contributed by atoms with Gasteiger partial charge in [-0.1, -0.05) is 30.3 Å². The summed E-state index contributed by atoms with van der Waals surface area (Å²) in [6.45, 7) is 6.16. The van der Waals surface area contributed by atoms with Crippen LogP contribution in [0.1, 0.15) is 35.2 Å². The largest absolute Gasteiger partial charge is 0.492 e. The van der Waals surface area contributed by atoms with Crippen LogP contribution in [-0.4, -0.2) is 33.0 Å². The number of sulfonamides is 1. The summed E-state index contributed by atoms with van der Waals surface area (Å²) in [5.74, 6) is 0.389. The second kappa shape index (κ2) is 9.53. The van der Waals surface area contributed by atoms with Crippen LogP contribution >= 0.6 is 11.3 Å². The van der Waals surface area contributed by atoms with Gasteiger partial charge in [-0.25, -0.2) is 13.1 Å². The minimum absolute atomic E-state index is 0.0327. The Morgan fingerprint density at radius 1 is 1.16 bits per heavy atom. The summed E-state index contributed by atoms with van der Waals surface area (Å²) in [5.41, 5.74) is 4.71. The van der Waals surface area contributed by atoms with Crippen molar-refractivity contribution in [2.75, 3.05) is 19.7 Å². The van der Waals surface area contributed by atoms with Gasteiger partial charge < -0.3 is 4.74 Å². The number of nitrogens with one attached hydrogen (secondary N) is 1. The third-order valence-corrected chi connectivity index (χ3v) is 7.83. The number of benzene rings is 2. The number of thiophene rings is 1. The zero-order valence-electron chi connectivity index (χ0n) is 17.9. The normalized spacial score (nSPS) is 15.4. The van der Waals surface area contributed by atoms with E-state index in [1.54, 1.807) is 23.5 Å². The third-order valence-electron chi connectivity index (χ3n) is 5.68. The molecule has 0 fully saturated rings. The molecule has 5 nitrogen and oxygen atoms in total. The number of rotatable bonds is 8. The molecular formula is C24H28N2O3S2. The SMILES string of the molecule is CCOc1ccc(C)cc1S(=O)(=O)NCC(c1ccsc1)N1CCc2ccccc2C1. The highest BCUT2D eigenvalue weighted by Crippen LogP contribution is 2.30. The summed E-state index contributed by atoms with van der Waals surface area (Å²) in [4.78, 5) is 2.56. The van der Waals surface area contributed by atoms with E-state index in [2.05, 4.69) is 45.3 Å². The standard InChI is InChI=1S/C24H28N2O3S2/c1-3-29-23-9-8-18(2)14-24(23)31(27,28)25-15-22(21-11-13-30-17-21)26-12-10-19-6-4-5-7-20(19)16-26/h4-9,11,13-14,17,22,25H,3,10,12,15-16H2,1-2H3. The molecule has 3 aromatic rings. The summed E-state index contributed by atoms with van der Waals surface area (Å²) in [5, 5.41) is 4.15. The maximum atomic E-state index is 13.2. The first-order valence-electron chi connectivity index (χ1n) is 10.5. The molecule has 0 aliphatic carbocycles. The van der Waals surface area contributed by atoms with Gasteiger partial charge in [-0.05, 0) is 71.5 Å². The van der Waals surface area contributed by atoms with Gasteiger partial charge in [0.1, 0.15) is 10.6 Å². The van der Waals surface area contributed by atoms with Gasteiger partial charge in [0.25, 0.3) is 0 Å². The van der Waals surface area contributed by atoms with Crippen molar-refractivity contribution in [1.82, 2.24) is 9.62 Å². The van der Waals surface area contributed by atoms with Crippen molar-refractivity contribution in [3.05, 3.63) is 81.5 Å². The van der Waals surface area contributed by atoms with E-state index in [0.717, 1.165) is 30.6 Å². The van der Waals surface area contributed by atoms with Crippen LogP contribution in [0.2, 0.25) is 0 Å². The molecule has 0 radical (unpaired) electrons. The summed E-state index contributed by atoms with van der Waals surface area (Å²) in [6, 6.07) is 15.8. The second-order valence-corrected chi connectivity index (χ2v) is 10.3. The Balaban J connectivity index is 1.57. The number of hydrogen-bond donors (Lipinski definition) is 1. The molecule has 0 bridgehead atoms. The van der Waals surface area contributed by atoms with E-state index < -0.39 is 10.0 Å². The molecule has 2 aromatic carbocycles. The maximum absolute atomic E-state index is 13.2. The van der Waals surface area contributed by atoms with Crippen molar-refractivity contribution in [1.29, 1.82) is 0 Å². The van der Waals surface area contributed by atoms with Gasteiger partial charge in [0.2, 0.25) is 10.0 Å². The smallest absolute Gasteiger partial charge is 0.244 e. The molecule has 0 amide bonds. The van der Waals surface area contributed by atoms with Crippen LogP contribution in [0.5, 0.6) is 5.75 Å². The summed E-state index contributed by atoms with van der Waals surface area (Å²) >= 11 is 1.63. The molecule has 1 aliphatic rings. The molecule has 7 heteroatoms. The van der Waals surface area contributed by atoms with Gasteiger partial charge in [0, 0.05) is 25.7 Å². The summed E-state index contributed by atoms with van der Waals surface area (Å²) in [7, 11) is -3.72. The van der Waals surface area contributed by atoms with Gasteiger partial charge in [0.05, 0.1) is 6.61 Å². The first kappa shape index (κ1) is 22.0. The van der Waals surface area contributed by atoms with Crippen LogP contribution in [0.25, 0.3) is 0 Å². The topological polar surface area (TPSA) is 58.6 Å². The van der Waals surface area contributed by atoms with Crippen LogP contribution in [0.15, 0.2) is 64.2 Å². The first-order valence-corrected chi connectivity index (χ1v) is 13.0. The third kappa shape index (κ3) is 5.01. The predicted molar refractivity (Wildman–Crippen MR) is 125 cm³/mol. The van der Waals surface area contributed by atoms with Crippen molar-refractivity contribution in [3.63, 3.8) is 0 Å². The quantitative estimate of drug-likeness (QED) is 0.541. The van der Waals surface area contributed by atoms with Crippen molar-refractivity contribution in [2.24, 2.45) is 0 Å². The van der Waals surface area contributed by atoms with Crippen LogP contribution in [-0.2, 0) is 23.0 Å². The molecule has 31 heavy (non-hydrogen) atoms. The second-order valence-electron chi connectivity index (χ2n) is 7.80. The Hall–Kier alpha value is -2.19. The van der Waals surface area contributed by atoms with E-state index in [0.29, 0.717) is 18.9 Å². The molecule has 2 heterocycles. The lowest BCUT2D eigenvalue weighted by atomic mass is 9.97. The number of fused-ring (bicyclic) bond motifs is 1. The summed E-state index contributed by atoms with van der Waals surface area (Å²) < 4.78 is 34.9. The predicted octanol–water partition coefficient (Wildman–Crippen LogP) is 4.53. The van der Waals surface area contributed by atoms with E-state index in [1.165, 1.54) is 11.1 Å². The van der Waals surface area contributed by atoms with Crippen LogP contribution in [0, 0.1) is 6.92 Å².